The quantitative estimate of drug-likeness (QED) is 0.852. The lowest BCUT2D eigenvalue weighted by Gasteiger charge is -2.27. The highest BCUT2D eigenvalue weighted by Gasteiger charge is 2.35. The minimum atomic E-state index is -3.62. The number of benzene rings is 1. The zero-order valence-corrected chi connectivity index (χ0v) is 12.6. The Bertz CT molecular complexity index is 782. The molecular formula is C13H10ClNO3S2. The van der Waals surface area contributed by atoms with Crippen molar-refractivity contribution in [3.63, 3.8) is 0 Å². The van der Waals surface area contributed by atoms with Crippen LogP contribution in [-0.2, 0) is 16.6 Å². The molecule has 1 aromatic heterocycles. The van der Waals surface area contributed by atoms with Crippen molar-refractivity contribution in [1.82, 2.24) is 0 Å². The van der Waals surface area contributed by atoms with Crippen LogP contribution in [0.25, 0.3) is 0 Å². The van der Waals surface area contributed by atoms with Gasteiger partial charge in [-0.05, 0) is 29.1 Å². The summed E-state index contributed by atoms with van der Waals surface area (Å²) in [4.78, 5) is 12.3. The second-order valence-electron chi connectivity index (χ2n) is 4.45. The molecule has 0 bridgehead atoms. The van der Waals surface area contributed by atoms with Gasteiger partial charge in [0.15, 0.2) is 5.78 Å². The Kier molecular flexibility index (Phi) is 3.32. The summed E-state index contributed by atoms with van der Waals surface area (Å²) in [6.07, 6.45) is 0. The lowest BCUT2D eigenvalue weighted by Crippen LogP contribution is -2.39. The fraction of sp³-hybridized carbons (Fsp3) is 0.154. The predicted molar refractivity (Wildman–Crippen MR) is 80.1 cm³/mol. The summed E-state index contributed by atoms with van der Waals surface area (Å²) in [5.41, 5.74) is 1.25. The molecule has 4 nitrogen and oxygen atoms in total. The molecule has 1 aliphatic rings. The highest BCUT2D eigenvalue weighted by molar-refractivity contribution is 7.93. The molecule has 0 N–H and O–H groups in total. The van der Waals surface area contributed by atoms with E-state index in [1.54, 1.807) is 29.6 Å². The first-order valence-electron chi connectivity index (χ1n) is 5.83. The number of rotatable bonds is 2. The molecule has 0 radical (unpaired) electrons. The number of hydrogen-bond acceptors (Lipinski definition) is 4. The van der Waals surface area contributed by atoms with Gasteiger partial charge in [0, 0.05) is 5.02 Å². The van der Waals surface area contributed by atoms with Crippen LogP contribution in [0.1, 0.15) is 15.2 Å². The van der Waals surface area contributed by atoms with Gasteiger partial charge in [0.1, 0.15) is 5.75 Å². The maximum Gasteiger partial charge on any atom is 0.243 e. The summed E-state index contributed by atoms with van der Waals surface area (Å²) in [5.74, 6) is -0.807. The molecule has 0 fully saturated rings. The minimum Gasteiger partial charge on any atom is -0.292 e. The number of sulfonamides is 1. The van der Waals surface area contributed by atoms with E-state index in [1.807, 2.05) is 6.07 Å². The summed E-state index contributed by atoms with van der Waals surface area (Å²) >= 11 is 7.19. The van der Waals surface area contributed by atoms with Crippen molar-refractivity contribution < 1.29 is 13.2 Å². The summed E-state index contributed by atoms with van der Waals surface area (Å²) in [6.45, 7) is 0.180. The lowest BCUT2D eigenvalue weighted by atomic mass is 10.2. The smallest absolute Gasteiger partial charge is 0.243 e. The topological polar surface area (TPSA) is 54.5 Å². The van der Waals surface area contributed by atoms with Gasteiger partial charge in [-0.2, -0.15) is 0 Å². The van der Waals surface area contributed by atoms with Gasteiger partial charge in [-0.15, -0.1) is 11.3 Å². The van der Waals surface area contributed by atoms with Crippen LogP contribution >= 0.6 is 22.9 Å². The van der Waals surface area contributed by atoms with E-state index in [9.17, 15) is 13.2 Å². The Morgan fingerprint density at radius 3 is 2.85 bits per heavy atom. The van der Waals surface area contributed by atoms with Crippen molar-refractivity contribution in [3.8, 4) is 0 Å². The summed E-state index contributed by atoms with van der Waals surface area (Å²) in [6, 6.07) is 8.70. The third-order valence-electron chi connectivity index (χ3n) is 3.03. The van der Waals surface area contributed by atoms with Gasteiger partial charge in [-0.3, -0.25) is 9.10 Å². The molecule has 0 aliphatic carbocycles. The van der Waals surface area contributed by atoms with Crippen LogP contribution in [0.2, 0.25) is 5.02 Å². The van der Waals surface area contributed by atoms with Crippen LogP contribution in [0.5, 0.6) is 0 Å². The van der Waals surface area contributed by atoms with E-state index < -0.39 is 15.8 Å². The number of halogens is 1. The number of fused-ring (bicyclic) bond motifs is 1. The van der Waals surface area contributed by atoms with E-state index in [0.29, 0.717) is 15.6 Å². The molecule has 3 rings (SSSR count). The number of ketones is 1. The first-order valence-corrected chi connectivity index (χ1v) is 8.69. The molecule has 20 heavy (non-hydrogen) atoms. The molecule has 104 valence electrons. The van der Waals surface area contributed by atoms with E-state index in [4.69, 9.17) is 11.6 Å². The zero-order valence-electron chi connectivity index (χ0n) is 10.2. The van der Waals surface area contributed by atoms with Crippen LogP contribution < -0.4 is 4.31 Å². The normalized spacial score (nSPS) is 17.1. The highest BCUT2D eigenvalue weighted by Crippen LogP contribution is 2.34. The van der Waals surface area contributed by atoms with Crippen LogP contribution in [0.3, 0.4) is 0 Å². The van der Waals surface area contributed by atoms with Crippen LogP contribution in [0.4, 0.5) is 5.69 Å². The van der Waals surface area contributed by atoms with Crippen LogP contribution in [-0.4, -0.2) is 20.0 Å². The Balaban J connectivity index is 2.04. The number of Topliss-reactive ketones (excluding diaryl/α,β-unsaturated/α-hetero) is 1. The molecular weight excluding hydrogens is 318 g/mol. The molecule has 7 heteroatoms. The second kappa shape index (κ2) is 4.87. The van der Waals surface area contributed by atoms with Crippen LogP contribution in [0.15, 0.2) is 35.7 Å². The van der Waals surface area contributed by atoms with Crippen molar-refractivity contribution in [1.29, 1.82) is 0 Å². The molecule has 2 aromatic rings. The van der Waals surface area contributed by atoms with E-state index in [0.717, 1.165) is 5.56 Å². The number of hydrogen-bond donors (Lipinski definition) is 0. The van der Waals surface area contributed by atoms with Crippen LogP contribution in [0, 0.1) is 0 Å². The highest BCUT2D eigenvalue weighted by atomic mass is 35.5. The van der Waals surface area contributed by atoms with Crippen molar-refractivity contribution in [2.24, 2.45) is 0 Å². The largest absolute Gasteiger partial charge is 0.292 e. The standard InChI is InChI=1S/C13H10ClNO3S2/c14-10-3-1-2-9(6-10)7-15-11-4-5-19-13(11)12(16)8-20(15,17)18/h1-6H,7-8H2. The molecule has 0 spiro atoms. The van der Waals surface area contributed by atoms with Crippen molar-refractivity contribution in [3.05, 3.63) is 51.2 Å². The van der Waals surface area contributed by atoms with Gasteiger partial charge < -0.3 is 0 Å². The molecule has 1 aliphatic heterocycles. The van der Waals surface area contributed by atoms with E-state index in [-0.39, 0.29) is 12.3 Å². The Labute approximate surface area is 125 Å². The number of carbonyl (C=O) groups is 1. The molecule has 0 saturated heterocycles. The van der Waals surface area contributed by atoms with E-state index >= 15 is 0 Å². The average molecular weight is 328 g/mol. The Hall–Kier alpha value is -1.37. The van der Waals surface area contributed by atoms with Gasteiger partial charge in [0.25, 0.3) is 0 Å². The molecule has 0 unspecified atom stereocenters. The van der Waals surface area contributed by atoms with Gasteiger partial charge in [-0.25, -0.2) is 8.42 Å². The van der Waals surface area contributed by atoms with E-state index in [2.05, 4.69) is 0 Å². The fourth-order valence-electron chi connectivity index (χ4n) is 2.15. The number of nitrogens with zero attached hydrogens (tertiary/aromatic N) is 1. The zero-order chi connectivity index (χ0) is 14.3. The summed E-state index contributed by atoms with van der Waals surface area (Å²) < 4.78 is 25.7. The lowest BCUT2D eigenvalue weighted by molar-refractivity contribution is 0.102. The maximum atomic E-state index is 12.2. The van der Waals surface area contributed by atoms with Crippen molar-refractivity contribution >= 4 is 44.4 Å². The summed E-state index contributed by atoms with van der Waals surface area (Å²) in [5, 5.41) is 2.28. The minimum absolute atomic E-state index is 0.180. The van der Waals surface area contributed by atoms with Gasteiger partial charge in [-0.1, -0.05) is 23.7 Å². The molecule has 0 amide bonds. The molecule has 1 aromatic carbocycles. The number of thiophene rings is 1. The van der Waals surface area contributed by atoms with Crippen molar-refractivity contribution in [2.75, 3.05) is 10.1 Å². The molecule has 2 heterocycles. The summed E-state index contributed by atoms with van der Waals surface area (Å²) in [7, 11) is -3.62. The van der Waals surface area contributed by atoms with E-state index in [1.165, 1.54) is 15.6 Å². The average Bonchev–Trinajstić information content (AvgIpc) is 2.83. The second-order valence-corrected chi connectivity index (χ2v) is 7.70. The Morgan fingerprint density at radius 2 is 2.10 bits per heavy atom. The molecule has 0 saturated carbocycles. The first-order chi connectivity index (χ1) is 9.47. The van der Waals surface area contributed by atoms with Gasteiger partial charge in [0.05, 0.1) is 17.1 Å². The third kappa shape index (κ3) is 2.34. The first kappa shape index (κ1) is 13.6. The Morgan fingerprint density at radius 1 is 1.30 bits per heavy atom. The maximum absolute atomic E-state index is 12.2. The monoisotopic (exact) mass is 327 g/mol. The molecule has 0 atom stereocenters. The third-order valence-corrected chi connectivity index (χ3v) is 5.83. The van der Waals surface area contributed by atoms with Gasteiger partial charge in [0.2, 0.25) is 10.0 Å². The van der Waals surface area contributed by atoms with Gasteiger partial charge >= 0.3 is 0 Å². The number of carbonyl (C=O) groups excluding carboxylic acids is 1. The van der Waals surface area contributed by atoms with Crippen molar-refractivity contribution in [2.45, 2.75) is 6.54 Å². The fourth-order valence-corrected chi connectivity index (χ4v) is 4.78. The SMILES string of the molecule is O=C1CS(=O)(=O)N(Cc2cccc(Cl)c2)c2ccsc21. The predicted octanol–water partition coefficient (Wildman–Crippen LogP) is 2.93. The number of anilines is 1.